The van der Waals surface area contributed by atoms with Gasteiger partial charge in [-0.05, 0) is 6.92 Å². The lowest BCUT2D eigenvalue weighted by Crippen LogP contribution is -1.85. The summed E-state index contributed by atoms with van der Waals surface area (Å²) in [5.41, 5.74) is 0.994. The minimum absolute atomic E-state index is 0.346. The smallest absolute Gasteiger partial charge is 0.155 e. The minimum Gasteiger partial charge on any atom is -0.364 e. The van der Waals surface area contributed by atoms with E-state index in [9.17, 15) is 4.91 Å². The van der Waals surface area contributed by atoms with Crippen molar-refractivity contribution in [3.8, 4) is 0 Å². The van der Waals surface area contributed by atoms with Crippen LogP contribution < -0.4 is 0 Å². The molecule has 0 radical (unpaired) electrons. The highest BCUT2D eigenvalue weighted by Crippen LogP contribution is 1.94. The predicted octanol–water partition coefficient (Wildman–Crippen LogP) is 1.65. The monoisotopic (exact) mass is 115 g/mol. The molecule has 3 heteroatoms. The van der Waals surface area contributed by atoms with Crippen LogP contribution in [-0.4, -0.2) is 6.61 Å². The normalized spacial score (nSPS) is 8.12. The second-order valence-electron chi connectivity index (χ2n) is 1.61. The molecule has 0 unspecified atom stereocenters. The van der Waals surface area contributed by atoms with Gasteiger partial charge in [0.1, 0.15) is 6.61 Å². The fourth-order valence-corrected chi connectivity index (χ4v) is 0.257. The maximum absolute atomic E-state index is 9.28. The van der Waals surface area contributed by atoms with Crippen LogP contribution in [0, 0.1) is 4.91 Å². The number of rotatable bonds is 4. The summed E-state index contributed by atoms with van der Waals surface area (Å²) in [5, 5.41) is 2.22. The van der Waals surface area contributed by atoms with E-state index in [0.29, 0.717) is 13.0 Å². The van der Waals surface area contributed by atoms with Crippen molar-refractivity contribution < 1.29 is 4.84 Å². The Balaban J connectivity index is 2.93. The molecule has 0 spiro atoms. The highest BCUT2D eigenvalue weighted by atomic mass is 16.7. The Morgan fingerprint density at radius 2 is 2.50 bits per heavy atom. The molecule has 46 valence electrons. The second kappa shape index (κ2) is 4.30. The molecule has 0 bridgehead atoms. The molecule has 0 heterocycles. The third-order valence-electron chi connectivity index (χ3n) is 0.673. The van der Waals surface area contributed by atoms with Crippen molar-refractivity contribution in [3.05, 3.63) is 17.1 Å². The fraction of sp³-hybridized carbons (Fsp3) is 0.600. The van der Waals surface area contributed by atoms with Crippen molar-refractivity contribution >= 4 is 0 Å². The third kappa shape index (κ3) is 5.14. The Morgan fingerprint density at radius 3 is 2.88 bits per heavy atom. The van der Waals surface area contributed by atoms with Gasteiger partial charge in [-0.1, -0.05) is 5.57 Å². The van der Waals surface area contributed by atoms with Crippen LogP contribution in [0.5, 0.6) is 0 Å². The summed E-state index contributed by atoms with van der Waals surface area (Å²) in [5.74, 6) is 0. The van der Waals surface area contributed by atoms with Gasteiger partial charge in [-0.15, -0.1) is 11.5 Å². The number of hydrogen-bond acceptors (Lipinski definition) is 3. The Bertz CT molecular complexity index is 90.4. The zero-order chi connectivity index (χ0) is 6.41. The number of nitrogens with zero attached hydrogens (tertiary/aromatic N) is 1. The highest BCUT2D eigenvalue weighted by Gasteiger charge is 1.84. The van der Waals surface area contributed by atoms with Gasteiger partial charge in [0.05, 0.1) is 0 Å². The molecule has 3 nitrogen and oxygen atoms in total. The first-order chi connectivity index (χ1) is 3.77. The van der Waals surface area contributed by atoms with Crippen LogP contribution in [0.25, 0.3) is 0 Å². The van der Waals surface area contributed by atoms with Crippen LogP contribution in [0.4, 0.5) is 0 Å². The van der Waals surface area contributed by atoms with Gasteiger partial charge >= 0.3 is 0 Å². The largest absolute Gasteiger partial charge is 0.364 e. The average Bonchev–Trinajstić information content (AvgIpc) is 1.66. The zero-order valence-electron chi connectivity index (χ0n) is 4.89. The van der Waals surface area contributed by atoms with Gasteiger partial charge in [-0.25, -0.2) is 0 Å². The van der Waals surface area contributed by atoms with Gasteiger partial charge in [0.25, 0.3) is 0 Å². The molecule has 0 aliphatic heterocycles. The van der Waals surface area contributed by atoms with E-state index < -0.39 is 0 Å². The topological polar surface area (TPSA) is 38.7 Å². The van der Waals surface area contributed by atoms with Gasteiger partial charge in [0.2, 0.25) is 0 Å². The van der Waals surface area contributed by atoms with Crippen LogP contribution in [0.2, 0.25) is 0 Å². The zero-order valence-corrected chi connectivity index (χ0v) is 4.89. The van der Waals surface area contributed by atoms with Crippen LogP contribution in [-0.2, 0) is 4.84 Å². The van der Waals surface area contributed by atoms with Crippen LogP contribution >= 0.6 is 0 Å². The molecular formula is C5H9NO2. The first kappa shape index (κ1) is 7.14. The summed E-state index contributed by atoms with van der Waals surface area (Å²) in [6.07, 6.45) is 0.700. The SMILES string of the molecule is C=C(C)CCON=O. The molecule has 0 amide bonds. The summed E-state index contributed by atoms with van der Waals surface area (Å²) in [6, 6.07) is 0. The van der Waals surface area contributed by atoms with Gasteiger partial charge in [-0.3, -0.25) is 0 Å². The molecule has 0 aromatic rings. The van der Waals surface area contributed by atoms with E-state index in [0.717, 1.165) is 5.57 Å². The number of hydrogen-bond donors (Lipinski definition) is 0. The summed E-state index contributed by atoms with van der Waals surface area (Å²) < 4.78 is 0. The molecule has 0 saturated carbocycles. The Hall–Kier alpha value is -0.860. The molecule has 8 heavy (non-hydrogen) atoms. The lowest BCUT2D eigenvalue weighted by Gasteiger charge is -1.92. The molecule has 0 N–H and O–H groups in total. The minimum atomic E-state index is 0.346. The van der Waals surface area contributed by atoms with Gasteiger partial charge in [0.15, 0.2) is 5.34 Å². The van der Waals surface area contributed by atoms with Crippen molar-refractivity contribution in [1.29, 1.82) is 0 Å². The van der Waals surface area contributed by atoms with Gasteiger partial charge < -0.3 is 4.84 Å². The predicted molar refractivity (Wildman–Crippen MR) is 31.2 cm³/mol. The van der Waals surface area contributed by atoms with Crippen molar-refractivity contribution in [2.75, 3.05) is 6.61 Å². The Labute approximate surface area is 48.3 Å². The molecule has 0 fully saturated rings. The first-order valence-corrected chi connectivity index (χ1v) is 2.36. The second-order valence-corrected chi connectivity index (χ2v) is 1.61. The van der Waals surface area contributed by atoms with Gasteiger partial charge in [-0.2, -0.15) is 0 Å². The Morgan fingerprint density at radius 1 is 1.88 bits per heavy atom. The van der Waals surface area contributed by atoms with E-state index in [2.05, 4.69) is 16.8 Å². The highest BCUT2D eigenvalue weighted by molar-refractivity contribution is 4.86. The lowest BCUT2D eigenvalue weighted by molar-refractivity contribution is 0.143. The summed E-state index contributed by atoms with van der Waals surface area (Å²) >= 11 is 0. The van der Waals surface area contributed by atoms with Crippen LogP contribution in [0.1, 0.15) is 13.3 Å². The van der Waals surface area contributed by atoms with Crippen LogP contribution in [0.15, 0.2) is 17.5 Å². The standard InChI is InChI=1S/C5H9NO2/c1-5(2)3-4-8-6-7/h1,3-4H2,2H3. The van der Waals surface area contributed by atoms with E-state index in [-0.39, 0.29) is 0 Å². The molecule has 0 aromatic carbocycles. The molecule has 0 saturated heterocycles. The molecule has 0 rings (SSSR count). The summed E-state index contributed by atoms with van der Waals surface area (Å²) in [6.45, 7) is 5.82. The van der Waals surface area contributed by atoms with Crippen molar-refractivity contribution in [3.63, 3.8) is 0 Å². The molecule has 0 aromatic heterocycles. The first-order valence-electron chi connectivity index (χ1n) is 2.36. The van der Waals surface area contributed by atoms with E-state index in [4.69, 9.17) is 0 Å². The van der Waals surface area contributed by atoms with Gasteiger partial charge in [0, 0.05) is 6.42 Å². The van der Waals surface area contributed by atoms with E-state index in [1.165, 1.54) is 0 Å². The summed E-state index contributed by atoms with van der Waals surface area (Å²) in [4.78, 5) is 13.4. The Kier molecular flexibility index (Phi) is 3.84. The maximum Gasteiger partial charge on any atom is 0.155 e. The van der Waals surface area contributed by atoms with Crippen molar-refractivity contribution in [1.82, 2.24) is 0 Å². The fourth-order valence-electron chi connectivity index (χ4n) is 0.257. The van der Waals surface area contributed by atoms with Crippen molar-refractivity contribution in [2.24, 2.45) is 5.34 Å². The molecular weight excluding hydrogens is 106 g/mol. The summed E-state index contributed by atoms with van der Waals surface area (Å²) in [7, 11) is 0. The lowest BCUT2D eigenvalue weighted by atomic mass is 10.3. The third-order valence-corrected chi connectivity index (χ3v) is 0.673. The van der Waals surface area contributed by atoms with Crippen LogP contribution in [0.3, 0.4) is 0 Å². The van der Waals surface area contributed by atoms with E-state index >= 15 is 0 Å². The van der Waals surface area contributed by atoms with Crippen molar-refractivity contribution in [2.45, 2.75) is 13.3 Å². The van der Waals surface area contributed by atoms with E-state index in [1.807, 2.05) is 6.92 Å². The quantitative estimate of drug-likeness (QED) is 0.242. The molecule has 0 aliphatic rings. The average molecular weight is 115 g/mol. The molecule has 0 atom stereocenters. The van der Waals surface area contributed by atoms with E-state index in [1.54, 1.807) is 0 Å². The molecule has 0 aliphatic carbocycles. The maximum atomic E-state index is 9.28.